The Morgan fingerprint density at radius 2 is 1.87 bits per heavy atom. The molecule has 0 atom stereocenters. The van der Waals surface area contributed by atoms with Crippen LogP contribution in [0.4, 0.5) is 0 Å². The Morgan fingerprint density at radius 1 is 1.20 bits per heavy atom. The fourth-order valence-electron chi connectivity index (χ4n) is 1.88. The summed E-state index contributed by atoms with van der Waals surface area (Å²) in [7, 11) is 1.74. The fraction of sp³-hybridized carbons (Fsp3) is 0.615. The second kappa shape index (κ2) is 5.74. The molecular formula is C13H21NO. The molecule has 0 aromatic carbocycles. The van der Waals surface area contributed by atoms with Gasteiger partial charge in [-0.05, 0) is 25.3 Å². The number of pyridine rings is 1. The first-order chi connectivity index (χ1) is 7.24. The van der Waals surface area contributed by atoms with Crippen LogP contribution >= 0.6 is 0 Å². The van der Waals surface area contributed by atoms with E-state index in [1.54, 1.807) is 7.11 Å². The molecule has 0 N–H and O–H groups in total. The molecule has 84 valence electrons. The molecule has 0 unspecified atom stereocenters. The van der Waals surface area contributed by atoms with Crippen molar-refractivity contribution in [3.63, 3.8) is 0 Å². The van der Waals surface area contributed by atoms with Crippen molar-refractivity contribution in [1.82, 2.24) is 4.98 Å². The van der Waals surface area contributed by atoms with E-state index in [-0.39, 0.29) is 0 Å². The highest BCUT2D eigenvalue weighted by molar-refractivity contribution is 5.42. The topological polar surface area (TPSA) is 22.1 Å². The minimum absolute atomic E-state index is 1.00. The highest BCUT2D eigenvalue weighted by atomic mass is 16.5. The summed E-state index contributed by atoms with van der Waals surface area (Å²) in [6.45, 7) is 6.47. The van der Waals surface area contributed by atoms with E-state index in [9.17, 15) is 0 Å². The first kappa shape index (κ1) is 12.0. The molecule has 0 spiro atoms. The zero-order chi connectivity index (χ0) is 11.3. The number of ether oxygens (including phenoxy) is 1. The SMILES string of the molecule is CCCc1ncc(C)c(CCC)c1OC. The molecule has 0 radical (unpaired) electrons. The van der Waals surface area contributed by atoms with Crippen molar-refractivity contribution in [2.45, 2.75) is 46.5 Å². The van der Waals surface area contributed by atoms with Crippen molar-refractivity contribution in [3.8, 4) is 5.75 Å². The normalized spacial score (nSPS) is 10.4. The molecule has 15 heavy (non-hydrogen) atoms. The van der Waals surface area contributed by atoms with Gasteiger partial charge in [0.2, 0.25) is 0 Å². The summed E-state index contributed by atoms with van der Waals surface area (Å²) in [4.78, 5) is 4.46. The van der Waals surface area contributed by atoms with E-state index < -0.39 is 0 Å². The third kappa shape index (κ3) is 2.71. The molecule has 0 bridgehead atoms. The van der Waals surface area contributed by atoms with Crippen LogP contribution in [0.3, 0.4) is 0 Å². The lowest BCUT2D eigenvalue weighted by atomic mass is 10.0. The van der Waals surface area contributed by atoms with Crippen LogP contribution in [0, 0.1) is 6.92 Å². The number of hydrogen-bond acceptors (Lipinski definition) is 2. The van der Waals surface area contributed by atoms with E-state index in [0.29, 0.717) is 0 Å². The van der Waals surface area contributed by atoms with Crippen molar-refractivity contribution >= 4 is 0 Å². The summed E-state index contributed by atoms with van der Waals surface area (Å²) in [5.41, 5.74) is 3.68. The predicted octanol–water partition coefficient (Wildman–Crippen LogP) is 3.30. The van der Waals surface area contributed by atoms with Gasteiger partial charge in [-0.3, -0.25) is 4.98 Å². The zero-order valence-corrected chi connectivity index (χ0v) is 10.3. The predicted molar refractivity (Wildman–Crippen MR) is 63.5 cm³/mol. The summed E-state index contributed by atoms with van der Waals surface area (Å²) in [5, 5.41) is 0. The Labute approximate surface area is 92.7 Å². The minimum Gasteiger partial charge on any atom is -0.495 e. The molecular weight excluding hydrogens is 186 g/mol. The first-order valence-corrected chi connectivity index (χ1v) is 5.75. The van der Waals surface area contributed by atoms with Gasteiger partial charge in [0, 0.05) is 11.8 Å². The first-order valence-electron chi connectivity index (χ1n) is 5.75. The van der Waals surface area contributed by atoms with Crippen molar-refractivity contribution in [1.29, 1.82) is 0 Å². The number of aryl methyl sites for hydroxylation is 2. The molecule has 0 aliphatic rings. The molecule has 2 nitrogen and oxygen atoms in total. The molecule has 0 fully saturated rings. The fourth-order valence-corrected chi connectivity index (χ4v) is 1.88. The Bertz CT molecular complexity index is 321. The lowest BCUT2D eigenvalue weighted by molar-refractivity contribution is 0.400. The van der Waals surface area contributed by atoms with Gasteiger partial charge < -0.3 is 4.74 Å². The van der Waals surface area contributed by atoms with E-state index in [4.69, 9.17) is 4.74 Å². The maximum absolute atomic E-state index is 5.50. The number of rotatable bonds is 5. The van der Waals surface area contributed by atoms with E-state index in [1.165, 1.54) is 11.1 Å². The highest BCUT2D eigenvalue weighted by Crippen LogP contribution is 2.27. The van der Waals surface area contributed by atoms with Gasteiger partial charge in [0.1, 0.15) is 5.75 Å². The van der Waals surface area contributed by atoms with Crippen molar-refractivity contribution in [2.75, 3.05) is 7.11 Å². The van der Waals surface area contributed by atoms with Gasteiger partial charge in [0.15, 0.2) is 0 Å². The summed E-state index contributed by atoms with van der Waals surface area (Å²) < 4.78 is 5.50. The van der Waals surface area contributed by atoms with Crippen LogP contribution in [-0.2, 0) is 12.8 Å². The average Bonchev–Trinajstić information content (AvgIpc) is 2.24. The van der Waals surface area contributed by atoms with Crippen molar-refractivity contribution in [3.05, 3.63) is 23.0 Å². The van der Waals surface area contributed by atoms with Gasteiger partial charge in [0.05, 0.1) is 12.8 Å². The Kier molecular flexibility index (Phi) is 4.60. The van der Waals surface area contributed by atoms with Crippen LogP contribution in [0.5, 0.6) is 5.75 Å². The smallest absolute Gasteiger partial charge is 0.143 e. The summed E-state index contributed by atoms with van der Waals surface area (Å²) in [5.74, 6) is 1.01. The number of hydrogen-bond donors (Lipinski definition) is 0. The largest absolute Gasteiger partial charge is 0.495 e. The number of methoxy groups -OCH3 is 1. The molecule has 0 amide bonds. The second-order valence-corrected chi connectivity index (χ2v) is 3.90. The Morgan fingerprint density at radius 3 is 2.40 bits per heavy atom. The molecule has 0 aliphatic heterocycles. The van der Waals surface area contributed by atoms with E-state index >= 15 is 0 Å². The van der Waals surface area contributed by atoms with Gasteiger partial charge in [-0.1, -0.05) is 26.7 Å². The number of aromatic nitrogens is 1. The molecule has 0 aliphatic carbocycles. The lowest BCUT2D eigenvalue weighted by Gasteiger charge is -2.14. The zero-order valence-electron chi connectivity index (χ0n) is 10.3. The highest BCUT2D eigenvalue weighted by Gasteiger charge is 2.11. The van der Waals surface area contributed by atoms with Crippen LogP contribution in [0.2, 0.25) is 0 Å². The van der Waals surface area contributed by atoms with Crippen LogP contribution < -0.4 is 4.74 Å². The van der Waals surface area contributed by atoms with E-state index in [2.05, 4.69) is 25.8 Å². The maximum atomic E-state index is 5.50. The van der Waals surface area contributed by atoms with Crippen LogP contribution in [0.1, 0.15) is 43.5 Å². The number of nitrogens with zero attached hydrogens (tertiary/aromatic N) is 1. The van der Waals surface area contributed by atoms with Crippen molar-refractivity contribution < 1.29 is 4.74 Å². The third-order valence-corrected chi connectivity index (χ3v) is 2.62. The molecule has 1 aromatic heterocycles. The van der Waals surface area contributed by atoms with Gasteiger partial charge in [0.25, 0.3) is 0 Å². The Balaban J connectivity index is 3.14. The summed E-state index contributed by atoms with van der Waals surface area (Å²) >= 11 is 0. The summed E-state index contributed by atoms with van der Waals surface area (Å²) in [6, 6.07) is 0. The maximum Gasteiger partial charge on any atom is 0.143 e. The van der Waals surface area contributed by atoms with Crippen LogP contribution in [0.15, 0.2) is 6.20 Å². The van der Waals surface area contributed by atoms with Gasteiger partial charge >= 0.3 is 0 Å². The lowest BCUT2D eigenvalue weighted by Crippen LogP contribution is -2.02. The molecule has 1 rings (SSSR count). The van der Waals surface area contributed by atoms with Gasteiger partial charge in [-0.25, -0.2) is 0 Å². The standard InChI is InChI=1S/C13H21NO/c1-5-7-11-10(3)9-14-12(8-6-2)13(11)15-4/h9H,5-8H2,1-4H3. The van der Waals surface area contributed by atoms with E-state index in [1.807, 2.05) is 6.20 Å². The molecule has 0 saturated heterocycles. The van der Waals surface area contributed by atoms with Crippen LogP contribution in [0.25, 0.3) is 0 Å². The monoisotopic (exact) mass is 207 g/mol. The average molecular weight is 207 g/mol. The molecule has 0 saturated carbocycles. The van der Waals surface area contributed by atoms with Gasteiger partial charge in [-0.2, -0.15) is 0 Å². The van der Waals surface area contributed by atoms with Crippen molar-refractivity contribution in [2.24, 2.45) is 0 Å². The quantitative estimate of drug-likeness (QED) is 0.739. The molecule has 1 aromatic rings. The second-order valence-electron chi connectivity index (χ2n) is 3.90. The molecule has 1 heterocycles. The Hall–Kier alpha value is -1.05. The minimum atomic E-state index is 1.00. The third-order valence-electron chi connectivity index (χ3n) is 2.62. The van der Waals surface area contributed by atoms with Crippen LogP contribution in [-0.4, -0.2) is 12.1 Å². The molecule has 2 heteroatoms. The van der Waals surface area contributed by atoms with Gasteiger partial charge in [-0.15, -0.1) is 0 Å². The van der Waals surface area contributed by atoms with E-state index in [0.717, 1.165) is 37.1 Å². The summed E-state index contributed by atoms with van der Waals surface area (Å²) in [6.07, 6.45) is 6.30.